The summed E-state index contributed by atoms with van der Waals surface area (Å²) in [7, 11) is 0. The maximum atomic E-state index is 13.3. The van der Waals surface area contributed by atoms with Gasteiger partial charge < -0.3 is 15.5 Å². The van der Waals surface area contributed by atoms with Crippen LogP contribution in [0.3, 0.4) is 0 Å². The molecule has 1 unspecified atom stereocenters. The maximum absolute atomic E-state index is 13.3. The van der Waals surface area contributed by atoms with Gasteiger partial charge in [0.1, 0.15) is 5.82 Å². The summed E-state index contributed by atoms with van der Waals surface area (Å²) in [5.74, 6) is 0.434. The molecule has 0 amide bonds. The molecule has 2 N–H and O–H groups in total. The molecule has 7 heteroatoms. The van der Waals surface area contributed by atoms with Crippen LogP contribution in [0.2, 0.25) is 0 Å². The lowest BCUT2D eigenvalue weighted by Gasteiger charge is -2.43. The molecule has 0 radical (unpaired) electrons. The van der Waals surface area contributed by atoms with Crippen molar-refractivity contribution in [3.8, 4) is 0 Å². The monoisotopic (exact) mass is 456 g/mol. The molecule has 0 bridgehead atoms. The van der Waals surface area contributed by atoms with Crippen LogP contribution in [0, 0.1) is 24.1 Å². The van der Waals surface area contributed by atoms with Crippen LogP contribution in [0.4, 0.5) is 15.8 Å². The quantitative estimate of drug-likeness (QED) is 0.441. The summed E-state index contributed by atoms with van der Waals surface area (Å²) in [5, 5.41) is 11.4. The van der Waals surface area contributed by atoms with E-state index in [-0.39, 0.29) is 5.82 Å². The van der Waals surface area contributed by atoms with Gasteiger partial charge in [0.05, 0.1) is 0 Å². The zero-order valence-electron chi connectivity index (χ0n) is 18.9. The molecule has 2 fully saturated rings. The van der Waals surface area contributed by atoms with Gasteiger partial charge in [0.2, 0.25) is 0 Å². The Morgan fingerprint density at radius 1 is 1.19 bits per heavy atom. The molecule has 0 spiro atoms. The summed E-state index contributed by atoms with van der Waals surface area (Å²) < 4.78 is 21.3. The Morgan fingerprint density at radius 3 is 2.62 bits per heavy atom. The highest BCUT2D eigenvalue weighted by Gasteiger charge is 2.31. The van der Waals surface area contributed by atoms with E-state index in [1.165, 1.54) is 29.5 Å². The summed E-state index contributed by atoms with van der Waals surface area (Å²) in [5.41, 5.74) is 5.04. The fourth-order valence-corrected chi connectivity index (χ4v) is 5.31. The molecular formula is C25H33FN4OS. The standard InChI is InChI=1S/C25H33FN4OS/c1-18-13-24(28-22-5-3-21(26)4-6-22)20(15-27)14-23(18)25-17-30(32-2)10-9-29(25)16-19-7-11-31-12-8-19/h3-6,13-15,19,25,27-28H,7-12,16-17H2,1-2H3. The Hall–Kier alpha value is -1.93. The third-order valence-electron chi connectivity index (χ3n) is 6.62. The summed E-state index contributed by atoms with van der Waals surface area (Å²) in [6.07, 6.45) is 5.84. The second kappa shape index (κ2) is 10.8. The zero-order chi connectivity index (χ0) is 22.5. The Labute approximate surface area is 195 Å². The minimum Gasteiger partial charge on any atom is -0.381 e. The van der Waals surface area contributed by atoms with Gasteiger partial charge in [0, 0.05) is 68.6 Å². The van der Waals surface area contributed by atoms with Crippen LogP contribution in [-0.4, -0.2) is 61.1 Å². The van der Waals surface area contributed by atoms with Crippen molar-refractivity contribution < 1.29 is 9.13 Å². The van der Waals surface area contributed by atoms with Crippen molar-refractivity contribution in [3.05, 3.63) is 58.9 Å². The fraction of sp³-hybridized carbons (Fsp3) is 0.480. The van der Waals surface area contributed by atoms with Crippen molar-refractivity contribution in [1.82, 2.24) is 9.21 Å². The second-order valence-corrected chi connectivity index (χ2v) is 9.59. The number of ether oxygens (including phenoxy) is 1. The largest absolute Gasteiger partial charge is 0.381 e. The lowest BCUT2D eigenvalue weighted by atomic mass is 9.92. The number of rotatable bonds is 7. The highest BCUT2D eigenvalue weighted by molar-refractivity contribution is 7.96. The number of piperazine rings is 1. The SMILES string of the molecule is CSN1CCN(CC2CCOCC2)C(c2cc(C=N)c(Nc3ccc(F)cc3)cc2C)C1. The molecular weight excluding hydrogens is 423 g/mol. The maximum Gasteiger partial charge on any atom is 0.123 e. The van der Waals surface area contributed by atoms with E-state index in [0.717, 1.165) is 69.2 Å². The molecule has 1 atom stereocenters. The van der Waals surface area contributed by atoms with Gasteiger partial charge in [-0.05, 0) is 79.5 Å². The first-order valence-corrected chi connectivity index (χ1v) is 12.5. The van der Waals surface area contributed by atoms with Crippen LogP contribution in [0.15, 0.2) is 36.4 Å². The summed E-state index contributed by atoms with van der Waals surface area (Å²) in [4.78, 5) is 2.64. The third kappa shape index (κ3) is 5.52. The van der Waals surface area contributed by atoms with Crippen LogP contribution < -0.4 is 5.32 Å². The molecule has 32 heavy (non-hydrogen) atoms. The average molecular weight is 457 g/mol. The number of nitrogens with zero attached hydrogens (tertiary/aromatic N) is 2. The number of benzene rings is 2. The van der Waals surface area contributed by atoms with Crippen molar-refractivity contribution in [1.29, 1.82) is 5.41 Å². The molecule has 0 aromatic heterocycles. The molecule has 2 aliphatic heterocycles. The first kappa shape index (κ1) is 23.2. The number of anilines is 2. The van der Waals surface area contributed by atoms with Crippen molar-refractivity contribution in [2.45, 2.75) is 25.8 Å². The van der Waals surface area contributed by atoms with Crippen molar-refractivity contribution >= 4 is 29.5 Å². The lowest BCUT2D eigenvalue weighted by molar-refractivity contribution is 0.0343. The molecule has 5 nitrogen and oxygen atoms in total. The molecule has 0 aliphatic carbocycles. The first-order chi connectivity index (χ1) is 15.6. The third-order valence-corrected chi connectivity index (χ3v) is 7.47. The van der Waals surface area contributed by atoms with Crippen molar-refractivity contribution in [2.24, 2.45) is 5.92 Å². The predicted molar refractivity (Wildman–Crippen MR) is 132 cm³/mol. The normalized spacial score (nSPS) is 20.9. The fourth-order valence-electron chi connectivity index (χ4n) is 4.75. The Balaban J connectivity index is 1.60. The topological polar surface area (TPSA) is 51.6 Å². The van der Waals surface area contributed by atoms with Gasteiger partial charge in [0.15, 0.2) is 0 Å². The Kier molecular flexibility index (Phi) is 7.84. The summed E-state index contributed by atoms with van der Waals surface area (Å²) >= 11 is 1.81. The number of hydrogen-bond acceptors (Lipinski definition) is 6. The first-order valence-electron chi connectivity index (χ1n) is 11.4. The second-order valence-electron chi connectivity index (χ2n) is 8.71. The smallest absolute Gasteiger partial charge is 0.123 e. The van der Waals surface area contributed by atoms with E-state index >= 15 is 0 Å². The minimum absolute atomic E-state index is 0.255. The molecule has 0 saturated carbocycles. The van der Waals surface area contributed by atoms with E-state index in [1.54, 1.807) is 12.1 Å². The Morgan fingerprint density at radius 2 is 1.94 bits per heavy atom. The van der Waals surface area contributed by atoms with Gasteiger partial charge in [-0.25, -0.2) is 8.70 Å². The highest BCUT2D eigenvalue weighted by atomic mass is 32.2. The van der Waals surface area contributed by atoms with Crippen LogP contribution in [0.1, 0.15) is 35.6 Å². The van der Waals surface area contributed by atoms with Crippen LogP contribution in [0.5, 0.6) is 0 Å². The van der Waals surface area contributed by atoms with Gasteiger partial charge in [-0.15, -0.1) is 0 Å². The minimum atomic E-state index is -0.255. The highest BCUT2D eigenvalue weighted by Crippen LogP contribution is 2.34. The van der Waals surface area contributed by atoms with E-state index in [9.17, 15) is 4.39 Å². The number of aryl methyl sites for hydroxylation is 1. The molecule has 2 aliphatic rings. The van der Waals surface area contributed by atoms with Crippen LogP contribution in [0.25, 0.3) is 0 Å². The van der Waals surface area contributed by atoms with E-state index in [4.69, 9.17) is 10.1 Å². The zero-order valence-corrected chi connectivity index (χ0v) is 19.8. The number of halogens is 1. The molecule has 2 heterocycles. The molecule has 2 aromatic rings. The number of hydrogen-bond donors (Lipinski definition) is 2. The van der Waals surface area contributed by atoms with E-state index in [1.807, 2.05) is 11.9 Å². The molecule has 2 aromatic carbocycles. The molecule has 2 saturated heterocycles. The lowest BCUT2D eigenvalue weighted by Crippen LogP contribution is -2.48. The van der Waals surface area contributed by atoms with Crippen LogP contribution in [-0.2, 0) is 4.74 Å². The predicted octanol–water partition coefficient (Wildman–Crippen LogP) is 5.24. The van der Waals surface area contributed by atoms with Crippen molar-refractivity contribution in [3.63, 3.8) is 0 Å². The van der Waals surface area contributed by atoms with Crippen LogP contribution >= 0.6 is 11.9 Å². The van der Waals surface area contributed by atoms with E-state index < -0.39 is 0 Å². The van der Waals surface area contributed by atoms with E-state index in [2.05, 4.69) is 39.8 Å². The van der Waals surface area contributed by atoms with E-state index in [0.29, 0.717) is 12.0 Å². The van der Waals surface area contributed by atoms with Crippen molar-refractivity contribution in [2.75, 3.05) is 51.0 Å². The number of nitrogens with one attached hydrogen (secondary N) is 2. The molecule has 172 valence electrons. The van der Waals surface area contributed by atoms with Gasteiger partial charge in [0.25, 0.3) is 0 Å². The van der Waals surface area contributed by atoms with Gasteiger partial charge in [-0.3, -0.25) is 4.90 Å². The van der Waals surface area contributed by atoms with Gasteiger partial charge in [-0.1, -0.05) is 11.9 Å². The Bertz CT molecular complexity index is 917. The summed E-state index contributed by atoms with van der Waals surface area (Å²) in [6, 6.07) is 10.9. The molecule has 4 rings (SSSR count). The average Bonchev–Trinajstić information content (AvgIpc) is 2.82. The summed E-state index contributed by atoms with van der Waals surface area (Å²) in [6.45, 7) is 8.11. The van der Waals surface area contributed by atoms with Gasteiger partial charge >= 0.3 is 0 Å². The van der Waals surface area contributed by atoms with Gasteiger partial charge in [-0.2, -0.15) is 0 Å².